The summed E-state index contributed by atoms with van der Waals surface area (Å²) < 4.78 is 15.2. The first kappa shape index (κ1) is 20.1. The SMILES string of the molecule is CC1(C)O[C@H]2[C@H](n3ccc4c(N)ncnc43)CC3(CC(CCCc4cccnc4)C3)[C@H]2O1. The number of ether oxygens (including phenoxy) is 2. The van der Waals surface area contributed by atoms with E-state index in [9.17, 15) is 0 Å². The van der Waals surface area contributed by atoms with Gasteiger partial charge in [-0.2, -0.15) is 0 Å². The number of aryl methyl sites for hydroxylation is 1. The van der Waals surface area contributed by atoms with Crippen molar-refractivity contribution >= 4 is 16.9 Å². The van der Waals surface area contributed by atoms with Gasteiger partial charge in [0.15, 0.2) is 5.79 Å². The summed E-state index contributed by atoms with van der Waals surface area (Å²) in [4.78, 5) is 12.9. The standard InChI is InChI=1S/C25H31N5O2/c1-24(2)31-20-19(30-10-8-18-22(26)28-15-29-23(18)30)13-25(21(20)32-24)11-17(12-25)6-3-5-16-7-4-9-27-14-16/h4,7-10,14-15,17,19-21H,3,5-6,11-13H2,1-2H3,(H2,26,28,29)/t17?,19-,20+,21+,25?/m1/s1. The van der Waals surface area contributed by atoms with E-state index in [1.807, 2.05) is 38.4 Å². The van der Waals surface area contributed by atoms with E-state index in [2.05, 4.69) is 31.8 Å². The van der Waals surface area contributed by atoms with Crippen LogP contribution in [0.1, 0.15) is 57.6 Å². The Morgan fingerprint density at radius 2 is 2.03 bits per heavy atom. The molecule has 0 unspecified atom stereocenters. The van der Waals surface area contributed by atoms with E-state index in [1.54, 1.807) is 6.33 Å². The topological polar surface area (TPSA) is 88.1 Å². The molecule has 32 heavy (non-hydrogen) atoms. The van der Waals surface area contributed by atoms with Crippen LogP contribution in [0.15, 0.2) is 43.1 Å². The van der Waals surface area contributed by atoms with Crippen LogP contribution in [0.4, 0.5) is 5.82 Å². The maximum Gasteiger partial charge on any atom is 0.163 e. The van der Waals surface area contributed by atoms with E-state index in [0.717, 1.165) is 29.8 Å². The van der Waals surface area contributed by atoms with Crippen LogP contribution in [0, 0.1) is 11.3 Å². The molecule has 0 aromatic carbocycles. The van der Waals surface area contributed by atoms with Gasteiger partial charge in [0.05, 0.1) is 17.5 Å². The van der Waals surface area contributed by atoms with Gasteiger partial charge in [-0.25, -0.2) is 9.97 Å². The third kappa shape index (κ3) is 3.21. The van der Waals surface area contributed by atoms with Gasteiger partial charge < -0.3 is 19.8 Å². The molecule has 3 aliphatic rings. The summed E-state index contributed by atoms with van der Waals surface area (Å²) in [6.45, 7) is 4.07. The van der Waals surface area contributed by atoms with E-state index >= 15 is 0 Å². The van der Waals surface area contributed by atoms with Crippen molar-refractivity contribution < 1.29 is 9.47 Å². The number of pyridine rings is 1. The molecular weight excluding hydrogens is 402 g/mol. The minimum absolute atomic E-state index is 0.0353. The molecule has 4 heterocycles. The van der Waals surface area contributed by atoms with E-state index in [1.165, 1.54) is 31.2 Å². The summed E-state index contributed by atoms with van der Waals surface area (Å²) in [5.74, 6) is 0.737. The van der Waals surface area contributed by atoms with Crippen molar-refractivity contribution in [1.29, 1.82) is 0 Å². The highest BCUT2D eigenvalue weighted by molar-refractivity contribution is 5.86. The Morgan fingerprint density at radius 3 is 2.84 bits per heavy atom. The number of nitrogen functional groups attached to an aromatic ring is 1. The second-order valence-corrected chi connectivity index (χ2v) is 10.4. The minimum atomic E-state index is -0.552. The van der Waals surface area contributed by atoms with Crippen LogP contribution in [-0.4, -0.2) is 37.5 Å². The summed E-state index contributed by atoms with van der Waals surface area (Å²) >= 11 is 0. The van der Waals surface area contributed by atoms with Gasteiger partial charge in [-0.1, -0.05) is 12.5 Å². The number of aromatic nitrogens is 4. The number of fused-ring (bicyclic) bond motifs is 3. The maximum atomic E-state index is 6.52. The molecular formula is C25H31N5O2. The normalized spacial score (nSPS) is 32.9. The predicted octanol–water partition coefficient (Wildman–Crippen LogP) is 4.29. The smallest absolute Gasteiger partial charge is 0.163 e. The van der Waals surface area contributed by atoms with Crippen LogP contribution >= 0.6 is 0 Å². The van der Waals surface area contributed by atoms with Gasteiger partial charge in [0.1, 0.15) is 23.9 Å². The van der Waals surface area contributed by atoms with Crippen LogP contribution in [-0.2, 0) is 15.9 Å². The monoisotopic (exact) mass is 433 g/mol. The molecule has 2 N–H and O–H groups in total. The molecule has 2 aliphatic carbocycles. The second kappa shape index (κ2) is 7.25. The lowest BCUT2D eigenvalue weighted by Gasteiger charge is -2.49. The van der Waals surface area contributed by atoms with Gasteiger partial charge in [-0.15, -0.1) is 0 Å². The fourth-order valence-corrected chi connectivity index (χ4v) is 6.54. The molecule has 3 aromatic rings. The van der Waals surface area contributed by atoms with Crippen LogP contribution in [0.25, 0.3) is 11.0 Å². The van der Waals surface area contributed by atoms with Crippen molar-refractivity contribution in [1.82, 2.24) is 19.5 Å². The highest BCUT2D eigenvalue weighted by atomic mass is 16.8. The number of nitrogens with zero attached hydrogens (tertiary/aromatic N) is 4. The number of anilines is 1. The summed E-state index contributed by atoms with van der Waals surface area (Å²) in [6.07, 6.45) is 14.7. The van der Waals surface area contributed by atoms with Crippen LogP contribution < -0.4 is 5.73 Å². The van der Waals surface area contributed by atoms with Gasteiger partial charge in [-0.05, 0) is 69.6 Å². The Balaban J connectivity index is 1.19. The number of hydrogen-bond donors (Lipinski definition) is 1. The highest BCUT2D eigenvalue weighted by Gasteiger charge is 2.65. The summed E-state index contributed by atoms with van der Waals surface area (Å²) in [5, 5.41) is 0.907. The lowest BCUT2D eigenvalue weighted by atomic mass is 9.58. The maximum absolute atomic E-state index is 6.52. The summed E-state index contributed by atoms with van der Waals surface area (Å²) in [6, 6.07) is 6.41. The van der Waals surface area contributed by atoms with Gasteiger partial charge >= 0.3 is 0 Å². The van der Waals surface area contributed by atoms with Crippen molar-refractivity contribution in [3.05, 3.63) is 48.7 Å². The Morgan fingerprint density at radius 1 is 1.16 bits per heavy atom. The third-order valence-corrected chi connectivity index (χ3v) is 7.82. The molecule has 6 rings (SSSR count). The largest absolute Gasteiger partial charge is 0.383 e. The first-order chi connectivity index (χ1) is 15.4. The molecule has 168 valence electrons. The van der Waals surface area contributed by atoms with Crippen molar-refractivity contribution in [3.63, 3.8) is 0 Å². The molecule has 7 heteroatoms. The fourth-order valence-electron chi connectivity index (χ4n) is 6.54. The van der Waals surface area contributed by atoms with Gasteiger partial charge in [-0.3, -0.25) is 4.98 Å². The van der Waals surface area contributed by atoms with Crippen LogP contribution in [0.2, 0.25) is 0 Å². The molecule has 1 spiro atoms. The predicted molar refractivity (Wildman–Crippen MR) is 122 cm³/mol. The average Bonchev–Trinajstić information content (AvgIpc) is 3.39. The lowest BCUT2D eigenvalue weighted by Crippen LogP contribution is -2.46. The average molecular weight is 434 g/mol. The molecule has 7 nitrogen and oxygen atoms in total. The van der Waals surface area contributed by atoms with Crippen molar-refractivity contribution in [2.45, 2.75) is 76.4 Å². The Labute approximate surface area is 188 Å². The first-order valence-electron chi connectivity index (χ1n) is 11.8. The number of nitrogens with two attached hydrogens (primary N) is 1. The van der Waals surface area contributed by atoms with E-state index in [0.29, 0.717) is 5.82 Å². The highest BCUT2D eigenvalue weighted by Crippen LogP contribution is 2.64. The molecule has 1 aliphatic heterocycles. The van der Waals surface area contributed by atoms with Crippen LogP contribution in [0.5, 0.6) is 0 Å². The quantitative estimate of drug-likeness (QED) is 0.646. The lowest BCUT2D eigenvalue weighted by molar-refractivity contribution is -0.182. The first-order valence-corrected chi connectivity index (χ1v) is 11.8. The van der Waals surface area contributed by atoms with Gasteiger partial charge in [0, 0.05) is 24.0 Å². The zero-order valence-corrected chi connectivity index (χ0v) is 18.8. The van der Waals surface area contributed by atoms with Crippen molar-refractivity contribution in [2.75, 3.05) is 5.73 Å². The molecule has 0 amide bonds. The molecule has 1 saturated heterocycles. The third-order valence-electron chi connectivity index (χ3n) is 7.82. The molecule has 3 atom stereocenters. The number of hydrogen-bond acceptors (Lipinski definition) is 6. The zero-order valence-electron chi connectivity index (χ0n) is 18.8. The minimum Gasteiger partial charge on any atom is -0.383 e. The molecule has 0 bridgehead atoms. The summed E-state index contributed by atoms with van der Waals surface area (Å²) in [5.41, 5.74) is 8.50. The van der Waals surface area contributed by atoms with Crippen molar-refractivity contribution in [2.24, 2.45) is 11.3 Å². The van der Waals surface area contributed by atoms with Gasteiger partial charge in [0.25, 0.3) is 0 Å². The Kier molecular flexibility index (Phi) is 4.56. The molecule has 2 saturated carbocycles. The molecule has 0 radical (unpaired) electrons. The van der Waals surface area contributed by atoms with E-state index in [4.69, 9.17) is 15.2 Å². The fraction of sp³-hybridized carbons (Fsp3) is 0.560. The molecule has 3 aromatic heterocycles. The molecule has 3 fully saturated rings. The van der Waals surface area contributed by atoms with E-state index in [-0.39, 0.29) is 23.7 Å². The Bertz CT molecular complexity index is 1120. The van der Waals surface area contributed by atoms with E-state index < -0.39 is 5.79 Å². The zero-order chi connectivity index (χ0) is 21.9. The van der Waals surface area contributed by atoms with Crippen LogP contribution in [0.3, 0.4) is 0 Å². The van der Waals surface area contributed by atoms with Gasteiger partial charge in [0.2, 0.25) is 0 Å². The Hall–Kier alpha value is -2.51. The van der Waals surface area contributed by atoms with Crippen molar-refractivity contribution in [3.8, 4) is 0 Å². The second-order valence-electron chi connectivity index (χ2n) is 10.4. The number of rotatable bonds is 5. The summed E-state index contributed by atoms with van der Waals surface area (Å²) in [7, 11) is 0.